The Morgan fingerprint density at radius 2 is 1.77 bits per heavy atom. The molecule has 1 fully saturated rings. The van der Waals surface area contributed by atoms with E-state index < -0.39 is 22.9 Å². The van der Waals surface area contributed by atoms with Crippen molar-refractivity contribution in [2.45, 2.75) is 58.2 Å². The summed E-state index contributed by atoms with van der Waals surface area (Å²) < 4.78 is 5.37. The third kappa shape index (κ3) is 5.04. The van der Waals surface area contributed by atoms with Crippen LogP contribution < -0.4 is 31.1 Å². The van der Waals surface area contributed by atoms with E-state index in [1.807, 2.05) is 74.2 Å². The van der Waals surface area contributed by atoms with Gasteiger partial charge in [-0.15, -0.1) is 0 Å². The summed E-state index contributed by atoms with van der Waals surface area (Å²) in [7, 11) is 1.62. The van der Waals surface area contributed by atoms with Crippen LogP contribution >= 0.6 is 0 Å². The first-order valence-corrected chi connectivity index (χ1v) is 13.1. The summed E-state index contributed by atoms with van der Waals surface area (Å²) in [5.41, 5.74) is 1.66. The lowest BCUT2D eigenvalue weighted by molar-refractivity contribution is -0.137. The normalized spacial score (nSPS) is 17.9. The Morgan fingerprint density at radius 1 is 1.08 bits per heavy atom. The fraction of sp³-hybridized carbons (Fsp3) is 0.333. The average Bonchev–Trinajstić information content (AvgIpc) is 3.25. The summed E-state index contributed by atoms with van der Waals surface area (Å²) in [5, 5.41) is 18.1. The molecule has 2 heterocycles. The van der Waals surface area contributed by atoms with Crippen molar-refractivity contribution >= 4 is 39.6 Å². The van der Waals surface area contributed by atoms with Gasteiger partial charge in [-0.1, -0.05) is 18.2 Å². The van der Waals surface area contributed by atoms with Gasteiger partial charge in [-0.2, -0.15) is 0 Å². The van der Waals surface area contributed by atoms with Gasteiger partial charge in [-0.25, -0.2) is 9.78 Å². The molecule has 1 aromatic heterocycles. The molecule has 0 amide bonds. The SMILES string of the molecule is COc1ccc2cc(C)nc(Nc3ccc(C[C@H](Nc4c(N5[C@H](C)CC[C@@H]5C)c(=O)c4=O)C(=O)O)cc3)c2c1. The molecule has 3 atom stereocenters. The Hall–Kier alpha value is -4.40. The minimum Gasteiger partial charge on any atom is -0.497 e. The molecule has 3 N–H and O–H groups in total. The van der Waals surface area contributed by atoms with Crippen LogP contribution in [0.25, 0.3) is 10.8 Å². The monoisotopic (exact) mass is 528 g/mol. The number of fused-ring (bicyclic) bond motifs is 1. The predicted octanol–water partition coefficient (Wildman–Crippen LogP) is 4.38. The van der Waals surface area contributed by atoms with Crippen molar-refractivity contribution in [1.29, 1.82) is 0 Å². The second kappa shape index (κ2) is 10.4. The molecule has 9 nitrogen and oxygen atoms in total. The number of hydrogen-bond acceptors (Lipinski definition) is 8. The van der Waals surface area contributed by atoms with Gasteiger partial charge in [0.05, 0.1) is 7.11 Å². The fourth-order valence-corrected chi connectivity index (χ4v) is 5.45. The number of aliphatic carboxylic acids is 1. The largest absolute Gasteiger partial charge is 0.497 e. The van der Waals surface area contributed by atoms with Crippen LogP contribution in [0.3, 0.4) is 0 Å². The highest BCUT2D eigenvalue weighted by Crippen LogP contribution is 2.33. The Labute approximate surface area is 226 Å². The number of benzene rings is 2. The lowest BCUT2D eigenvalue weighted by atomic mass is 10.0. The number of aryl methyl sites for hydroxylation is 1. The summed E-state index contributed by atoms with van der Waals surface area (Å²) in [6, 6.07) is 14.4. The van der Waals surface area contributed by atoms with Gasteiger partial charge in [-0.05, 0) is 74.9 Å². The van der Waals surface area contributed by atoms with Crippen molar-refractivity contribution in [3.8, 4) is 5.75 Å². The lowest BCUT2D eigenvalue weighted by Crippen LogP contribution is -2.48. The average molecular weight is 529 g/mol. The Kier molecular flexibility index (Phi) is 6.99. The van der Waals surface area contributed by atoms with Gasteiger partial charge in [0.25, 0.3) is 10.9 Å². The van der Waals surface area contributed by atoms with Gasteiger partial charge < -0.3 is 25.4 Å². The van der Waals surface area contributed by atoms with Crippen LogP contribution in [-0.4, -0.2) is 41.3 Å². The molecule has 9 heteroatoms. The molecule has 0 saturated carbocycles. The number of nitrogens with zero attached hydrogens (tertiary/aromatic N) is 2. The highest BCUT2D eigenvalue weighted by atomic mass is 16.5. The Bertz CT molecular complexity index is 1600. The second-order valence-corrected chi connectivity index (χ2v) is 10.3. The second-order valence-electron chi connectivity index (χ2n) is 10.3. The number of carboxylic acids is 1. The van der Waals surface area contributed by atoms with Crippen molar-refractivity contribution in [2.24, 2.45) is 0 Å². The van der Waals surface area contributed by atoms with Crippen LogP contribution in [0.5, 0.6) is 5.75 Å². The molecule has 0 unspecified atom stereocenters. The number of nitrogens with one attached hydrogen (secondary N) is 2. The summed E-state index contributed by atoms with van der Waals surface area (Å²) in [6.07, 6.45) is 1.98. The van der Waals surface area contributed by atoms with E-state index in [1.165, 1.54) is 0 Å². The molecular formula is C30H32N4O5. The smallest absolute Gasteiger partial charge is 0.326 e. The first kappa shape index (κ1) is 26.2. The molecule has 0 radical (unpaired) electrons. The van der Waals surface area contributed by atoms with E-state index >= 15 is 0 Å². The minimum atomic E-state index is -1.09. The molecule has 4 aromatic rings. The van der Waals surface area contributed by atoms with Gasteiger partial charge in [0.15, 0.2) is 0 Å². The number of pyridine rings is 1. The van der Waals surface area contributed by atoms with Crippen molar-refractivity contribution in [3.05, 3.63) is 80.2 Å². The maximum absolute atomic E-state index is 12.4. The van der Waals surface area contributed by atoms with Gasteiger partial charge in [0, 0.05) is 35.3 Å². The molecule has 0 aliphatic carbocycles. The van der Waals surface area contributed by atoms with Gasteiger partial charge in [0.1, 0.15) is 29.0 Å². The number of carboxylic acid groups (broad SMARTS) is 1. The van der Waals surface area contributed by atoms with Crippen molar-refractivity contribution in [2.75, 3.05) is 22.6 Å². The minimum absolute atomic E-state index is 0.110. The van der Waals surface area contributed by atoms with E-state index in [0.717, 1.165) is 46.3 Å². The van der Waals surface area contributed by atoms with Crippen LogP contribution in [0.15, 0.2) is 58.1 Å². The quantitative estimate of drug-likeness (QED) is 0.272. The zero-order valence-electron chi connectivity index (χ0n) is 22.4. The zero-order chi connectivity index (χ0) is 27.8. The van der Waals surface area contributed by atoms with E-state index in [4.69, 9.17) is 4.74 Å². The number of rotatable bonds is 9. The zero-order valence-corrected chi connectivity index (χ0v) is 22.4. The van der Waals surface area contributed by atoms with Crippen molar-refractivity contribution in [1.82, 2.24) is 4.98 Å². The number of aromatic nitrogens is 1. The van der Waals surface area contributed by atoms with E-state index in [-0.39, 0.29) is 24.2 Å². The molecule has 1 saturated heterocycles. The highest BCUT2D eigenvalue weighted by molar-refractivity contribution is 5.94. The molecule has 1 aliphatic heterocycles. The molecular weight excluding hydrogens is 496 g/mol. The summed E-state index contributed by atoms with van der Waals surface area (Å²) in [5.74, 6) is 0.333. The molecule has 0 bridgehead atoms. The van der Waals surface area contributed by atoms with Crippen LogP contribution in [-0.2, 0) is 11.2 Å². The van der Waals surface area contributed by atoms with Crippen LogP contribution in [0.4, 0.5) is 22.9 Å². The van der Waals surface area contributed by atoms with E-state index in [1.54, 1.807) is 7.11 Å². The van der Waals surface area contributed by atoms with Crippen LogP contribution in [0.2, 0.25) is 0 Å². The fourth-order valence-electron chi connectivity index (χ4n) is 5.45. The van der Waals surface area contributed by atoms with E-state index in [0.29, 0.717) is 11.5 Å². The van der Waals surface area contributed by atoms with Crippen LogP contribution in [0, 0.1) is 6.92 Å². The molecule has 5 rings (SSSR count). The molecule has 1 aliphatic rings. The van der Waals surface area contributed by atoms with E-state index in [9.17, 15) is 19.5 Å². The predicted molar refractivity (Wildman–Crippen MR) is 153 cm³/mol. The van der Waals surface area contributed by atoms with Crippen LogP contribution in [0.1, 0.15) is 37.9 Å². The summed E-state index contributed by atoms with van der Waals surface area (Å²) in [4.78, 5) is 43.6. The highest BCUT2D eigenvalue weighted by Gasteiger charge is 2.36. The molecule has 202 valence electrons. The van der Waals surface area contributed by atoms with Crippen molar-refractivity contribution in [3.63, 3.8) is 0 Å². The third-order valence-corrected chi connectivity index (χ3v) is 7.54. The summed E-state index contributed by atoms with van der Waals surface area (Å²) in [6.45, 7) is 5.96. The van der Waals surface area contributed by atoms with Gasteiger partial charge in [0.2, 0.25) is 0 Å². The number of anilines is 4. The Morgan fingerprint density at radius 3 is 2.41 bits per heavy atom. The van der Waals surface area contributed by atoms with Gasteiger partial charge >= 0.3 is 5.97 Å². The maximum atomic E-state index is 12.4. The number of carbonyl (C=O) groups is 1. The molecule has 39 heavy (non-hydrogen) atoms. The molecule has 0 spiro atoms. The first-order valence-electron chi connectivity index (χ1n) is 13.1. The maximum Gasteiger partial charge on any atom is 0.326 e. The number of methoxy groups -OCH3 is 1. The van der Waals surface area contributed by atoms with E-state index in [2.05, 4.69) is 15.6 Å². The number of hydrogen-bond donors (Lipinski definition) is 3. The molecule has 3 aromatic carbocycles. The van der Waals surface area contributed by atoms with Crippen molar-refractivity contribution < 1.29 is 14.6 Å². The first-order chi connectivity index (χ1) is 18.7. The topological polar surface area (TPSA) is 121 Å². The Balaban J connectivity index is 1.34. The van der Waals surface area contributed by atoms with Gasteiger partial charge in [-0.3, -0.25) is 9.59 Å². The number of ether oxygens (including phenoxy) is 1. The summed E-state index contributed by atoms with van der Waals surface area (Å²) >= 11 is 0. The standard InChI is InChI=1S/C30H32N4O5/c1-16-13-20-9-12-22(39-4)15-23(20)29(31-16)32-21-10-7-19(8-11-21)14-24(30(37)38)33-25-26(28(36)27(25)35)34-17(2)5-6-18(34)3/h7-13,15,17-18,24,33H,5-6,14H2,1-4H3,(H,31,32)(H,37,38)/t17-,18+,24-/m0/s1. The third-order valence-electron chi connectivity index (χ3n) is 7.54. The lowest BCUT2D eigenvalue weighted by Gasteiger charge is -2.32.